The first kappa shape index (κ1) is 18.1. The second kappa shape index (κ2) is 5.94. The molecule has 0 aromatic rings. The smallest absolute Gasteiger partial charge is 0.223 e. The lowest BCUT2D eigenvalue weighted by atomic mass is 9.65. The van der Waals surface area contributed by atoms with Crippen molar-refractivity contribution in [2.75, 3.05) is 6.54 Å². The highest BCUT2D eigenvalue weighted by molar-refractivity contribution is 6.74. The van der Waals surface area contributed by atoms with Gasteiger partial charge in [-0.05, 0) is 36.9 Å². The van der Waals surface area contributed by atoms with Crippen LogP contribution in [0.4, 0.5) is 0 Å². The van der Waals surface area contributed by atoms with E-state index in [1.54, 1.807) is 0 Å². The van der Waals surface area contributed by atoms with Gasteiger partial charge in [-0.1, -0.05) is 27.7 Å². The van der Waals surface area contributed by atoms with Gasteiger partial charge in [0.25, 0.3) is 0 Å². The molecule has 0 aromatic heterocycles. The van der Waals surface area contributed by atoms with E-state index >= 15 is 0 Å². The molecule has 5 heteroatoms. The second-order valence-electron chi connectivity index (χ2n) is 9.68. The van der Waals surface area contributed by atoms with Crippen LogP contribution in [-0.2, 0) is 14.0 Å². The predicted molar refractivity (Wildman–Crippen MR) is 97.2 cm³/mol. The molecule has 3 aliphatic rings. The van der Waals surface area contributed by atoms with Crippen molar-refractivity contribution in [3.05, 3.63) is 0 Å². The van der Waals surface area contributed by atoms with Crippen LogP contribution in [0.25, 0.3) is 0 Å². The van der Waals surface area contributed by atoms with E-state index in [1.165, 1.54) is 0 Å². The van der Waals surface area contributed by atoms with Crippen LogP contribution >= 0.6 is 0 Å². The molecule has 1 saturated carbocycles. The van der Waals surface area contributed by atoms with E-state index in [-0.39, 0.29) is 40.8 Å². The third-order valence-corrected chi connectivity index (χ3v) is 11.5. The van der Waals surface area contributed by atoms with Gasteiger partial charge in [-0.25, -0.2) is 0 Å². The Morgan fingerprint density at radius 2 is 1.83 bits per heavy atom. The summed E-state index contributed by atoms with van der Waals surface area (Å²) in [5, 5.41) is 0.141. The monoisotopic (exact) mass is 351 g/mol. The van der Waals surface area contributed by atoms with Crippen LogP contribution < -0.4 is 0 Å². The molecule has 0 N–H and O–H groups in total. The van der Waals surface area contributed by atoms with Gasteiger partial charge in [0.05, 0.1) is 6.10 Å². The summed E-state index contributed by atoms with van der Waals surface area (Å²) in [6.45, 7) is 14.3. The number of rotatable bonds is 2. The van der Waals surface area contributed by atoms with Gasteiger partial charge in [-0.15, -0.1) is 0 Å². The fraction of sp³-hybridized carbons (Fsp3) is 0.895. The van der Waals surface area contributed by atoms with Gasteiger partial charge in [-0.3, -0.25) is 9.59 Å². The first-order chi connectivity index (χ1) is 11.0. The molecule has 136 valence electrons. The van der Waals surface area contributed by atoms with Crippen LogP contribution in [0.15, 0.2) is 0 Å². The number of Topliss-reactive ketones (excluding diaryl/α,β-unsaturated/α-hetero) is 1. The summed E-state index contributed by atoms with van der Waals surface area (Å²) in [4.78, 5) is 27.4. The molecule has 0 bridgehead atoms. The Morgan fingerprint density at radius 1 is 1.17 bits per heavy atom. The molecule has 4 nitrogen and oxygen atoms in total. The van der Waals surface area contributed by atoms with Crippen LogP contribution in [0.2, 0.25) is 18.1 Å². The number of piperidine rings is 1. The number of hydrogen-bond donors (Lipinski definition) is 0. The van der Waals surface area contributed by atoms with E-state index in [9.17, 15) is 9.59 Å². The minimum Gasteiger partial charge on any atom is -0.413 e. The average Bonchev–Trinajstić information content (AvgIpc) is 2.91. The van der Waals surface area contributed by atoms with Crippen LogP contribution in [0, 0.1) is 17.8 Å². The third kappa shape index (κ3) is 2.88. The number of nitrogens with zero attached hydrogens (tertiary/aromatic N) is 1. The second-order valence-corrected chi connectivity index (χ2v) is 14.4. The van der Waals surface area contributed by atoms with Gasteiger partial charge in [0.15, 0.2) is 8.32 Å². The summed E-state index contributed by atoms with van der Waals surface area (Å²) in [7, 11) is -1.92. The predicted octanol–water partition coefficient (Wildman–Crippen LogP) is 3.61. The first-order valence-electron chi connectivity index (χ1n) is 9.53. The van der Waals surface area contributed by atoms with E-state index < -0.39 is 8.32 Å². The number of carbonyl (C=O) groups excluding carboxylic acids is 2. The largest absolute Gasteiger partial charge is 0.413 e. The van der Waals surface area contributed by atoms with Gasteiger partial charge in [0.1, 0.15) is 5.78 Å². The molecule has 1 aliphatic carbocycles. The zero-order valence-electron chi connectivity index (χ0n) is 16.1. The topological polar surface area (TPSA) is 46.6 Å². The van der Waals surface area contributed by atoms with E-state index in [4.69, 9.17) is 4.43 Å². The van der Waals surface area contributed by atoms with E-state index in [1.807, 2.05) is 4.90 Å². The summed E-state index contributed by atoms with van der Waals surface area (Å²) < 4.78 is 6.79. The maximum absolute atomic E-state index is 12.8. The SMILES string of the molecule is C[C@H]1CC(=O)[C@@H]2[C@H](CC(=O)N3CCC[C@H]23)[C@H]1O[Si](C)(C)C(C)(C)C. The van der Waals surface area contributed by atoms with Gasteiger partial charge < -0.3 is 9.33 Å². The fourth-order valence-corrected chi connectivity index (χ4v) is 6.13. The number of hydrogen-bond acceptors (Lipinski definition) is 3. The summed E-state index contributed by atoms with van der Waals surface area (Å²) in [5.41, 5.74) is 0. The molecule has 2 aliphatic heterocycles. The van der Waals surface area contributed by atoms with Crippen molar-refractivity contribution in [3.63, 3.8) is 0 Å². The van der Waals surface area contributed by atoms with Crippen molar-refractivity contribution in [2.45, 2.75) is 83.7 Å². The van der Waals surface area contributed by atoms with Crippen molar-refractivity contribution in [2.24, 2.45) is 17.8 Å². The molecule has 2 saturated heterocycles. The van der Waals surface area contributed by atoms with E-state index in [0.29, 0.717) is 18.6 Å². The number of fused-ring (bicyclic) bond motifs is 3. The molecule has 3 rings (SSSR count). The Labute approximate surface area is 147 Å². The van der Waals surface area contributed by atoms with Crippen LogP contribution in [-0.4, -0.2) is 43.6 Å². The Hall–Kier alpha value is -0.683. The molecule has 1 amide bonds. The highest BCUT2D eigenvalue weighted by Crippen LogP contribution is 2.48. The normalized spacial score (nSPS) is 37.4. The van der Waals surface area contributed by atoms with Crippen molar-refractivity contribution >= 4 is 20.0 Å². The number of ketones is 1. The Morgan fingerprint density at radius 3 is 2.46 bits per heavy atom. The van der Waals surface area contributed by atoms with Crippen molar-refractivity contribution in [1.82, 2.24) is 4.90 Å². The highest BCUT2D eigenvalue weighted by Gasteiger charge is 2.55. The van der Waals surface area contributed by atoms with Gasteiger partial charge >= 0.3 is 0 Å². The average molecular weight is 352 g/mol. The lowest BCUT2D eigenvalue weighted by molar-refractivity contribution is -0.154. The number of carbonyl (C=O) groups is 2. The van der Waals surface area contributed by atoms with E-state index in [0.717, 1.165) is 19.4 Å². The lowest BCUT2D eigenvalue weighted by Gasteiger charge is -2.51. The molecule has 0 unspecified atom stereocenters. The van der Waals surface area contributed by atoms with Crippen molar-refractivity contribution in [3.8, 4) is 0 Å². The maximum atomic E-state index is 12.8. The van der Waals surface area contributed by atoms with Crippen molar-refractivity contribution < 1.29 is 14.0 Å². The third-order valence-electron chi connectivity index (χ3n) is 7.02. The molecule has 2 heterocycles. The molecule has 0 spiro atoms. The minimum absolute atomic E-state index is 0.0103. The zero-order chi connectivity index (χ0) is 17.9. The quantitative estimate of drug-likeness (QED) is 0.714. The van der Waals surface area contributed by atoms with Crippen LogP contribution in [0.5, 0.6) is 0 Å². The molecular formula is C19H33NO3Si. The van der Waals surface area contributed by atoms with Gasteiger partial charge in [0, 0.05) is 37.3 Å². The van der Waals surface area contributed by atoms with E-state index in [2.05, 4.69) is 40.8 Å². The molecular weight excluding hydrogens is 318 g/mol. The molecule has 0 radical (unpaired) electrons. The summed E-state index contributed by atoms with van der Waals surface area (Å²) >= 11 is 0. The maximum Gasteiger partial charge on any atom is 0.223 e. The summed E-state index contributed by atoms with van der Waals surface area (Å²) in [6.07, 6.45) is 3.19. The van der Waals surface area contributed by atoms with Crippen LogP contribution in [0.3, 0.4) is 0 Å². The molecule has 3 fully saturated rings. The zero-order valence-corrected chi connectivity index (χ0v) is 17.1. The first-order valence-corrected chi connectivity index (χ1v) is 12.4. The van der Waals surface area contributed by atoms with Crippen molar-refractivity contribution in [1.29, 1.82) is 0 Å². The van der Waals surface area contributed by atoms with Gasteiger partial charge in [-0.2, -0.15) is 0 Å². The molecule has 0 aromatic carbocycles. The summed E-state index contributed by atoms with van der Waals surface area (Å²) in [5.74, 6) is 0.920. The van der Waals surface area contributed by atoms with Crippen LogP contribution in [0.1, 0.15) is 53.4 Å². The highest BCUT2D eigenvalue weighted by atomic mass is 28.4. The van der Waals surface area contributed by atoms with Gasteiger partial charge in [0.2, 0.25) is 5.91 Å². The molecule has 5 atom stereocenters. The standard InChI is InChI=1S/C19H33NO3Si/c1-12-10-15(21)17-13(11-16(22)20-9-7-8-14(17)20)18(12)23-24(5,6)19(2,3)4/h12-14,17-18H,7-11H2,1-6H3/t12-,13-,14+,17+,18-/m0/s1. The fourth-order valence-electron chi connectivity index (χ4n) is 4.69. The number of amides is 1. The Balaban J connectivity index is 1.89. The Bertz CT molecular complexity index is 539. The lowest BCUT2D eigenvalue weighted by Crippen LogP contribution is -2.60. The Kier molecular flexibility index (Phi) is 4.48. The summed E-state index contributed by atoms with van der Waals surface area (Å²) in [6, 6.07) is 0.141. The minimum atomic E-state index is -1.92. The molecule has 24 heavy (non-hydrogen) atoms.